The first-order valence-electron chi connectivity index (χ1n) is 7.21. The summed E-state index contributed by atoms with van der Waals surface area (Å²) in [6.45, 7) is 3.78. The maximum atomic E-state index is 12.1. The van der Waals surface area contributed by atoms with Crippen molar-refractivity contribution in [1.29, 1.82) is 0 Å². The Morgan fingerprint density at radius 3 is 2.64 bits per heavy atom. The van der Waals surface area contributed by atoms with Crippen LogP contribution in [0.4, 0.5) is 18.9 Å². The minimum atomic E-state index is -4.70. The maximum Gasteiger partial charge on any atom is 0.573 e. The zero-order valence-electron chi connectivity index (χ0n) is 12.3. The van der Waals surface area contributed by atoms with Crippen LogP contribution in [-0.4, -0.2) is 36.8 Å². The number of ether oxygens (including phenoxy) is 1. The van der Waals surface area contributed by atoms with Gasteiger partial charge in [-0.1, -0.05) is 6.92 Å². The number of benzene rings is 1. The van der Waals surface area contributed by atoms with Gasteiger partial charge in [0.05, 0.1) is 6.54 Å². The van der Waals surface area contributed by atoms with E-state index in [0.29, 0.717) is 11.6 Å². The molecule has 1 heterocycles. The van der Waals surface area contributed by atoms with Gasteiger partial charge in [-0.25, -0.2) is 0 Å². The van der Waals surface area contributed by atoms with Crippen LogP contribution in [0.25, 0.3) is 0 Å². The van der Waals surface area contributed by atoms with Crippen LogP contribution in [0.2, 0.25) is 0 Å². The Labute approximate surface area is 127 Å². The predicted molar refractivity (Wildman–Crippen MR) is 76.6 cm³/mol. The summed E-state index contributed by atoms with van der Waals surface area (Å²) >= 11 is 0. The Morgan fingerprint density at radius 2 is 2.05 bits per heavy atom. The molecule has 1 aliphatic heterocycles. The Hall–Kier alpha value is -1.92. The summed E-state index contributed by atoms with van der Waals surface area (Å²) < 4.78 is 39.9. The Bertz CT molecular complexity index is 503. The van der Waals surface area contributed by atoms with Crippen molar-refractivity contribution in [3.8, 4) is 5.75 Å². The van der Waals surface area contributed by atoms with E-state index in [-0.39, 0.29) is 18.2 Å². The average molecular weight is 316 g/mol. The first-order valence-corrected chi connectivity index (χ1v) is 7.21. The van der Waals surface area contributed by atoms with Crippen molar-refractivity contribution in [2.45, 2.75) is 26.1 Å². The molecule has 122 valence electrons. The van der Waals surface area contributed by atoms with Crippen LogP contribution in [0.15, 0.2) is 24.3 Å². The van der Waals surface area contributed by atoms with Crippen molar-refractivity contribution >= 4 is 11.6 Å². The van der Waals surface area contributed by atoms with Gasteiger partial charge in [-0.15, -0.1) is 13.2 Å². The lowest BCUT2D eigenvalue weighted by Gasteiger charge is -2.31. The number of piperidine rings is 1. The molecule has 0 bridgehead atoms. The molecule has 1 aromatic carbocycles. The summed E-state index contributed by atoms with van der Waals surface area (Å²) in [5.41, 5.74) is 0.577. The van der Waals surface area contributed by atoms with E-state index < -0.39 is 6.36 Å². The molecule has 1 atom stereocenters. The molecule has 1 N–H and O–H groups in total. The molecule has 1 unspecified atom stereocenters. The second-order valence-electron chi connectivity index (χ2n) is 5.51. The van der Waals surface area contributed by atoms with Gasteiger partial charge in [-0.2, -0.15) is 0 Å². The lowest BCUT2D eigenvalue weighted by atomic mass is 10.0. The van der Waals surface area contributed by atoms with E-state index in [1.807, 2.05) is 4.90 Å². The highest BCUT2D eigenvalue weighted by atomic mass is 19.4. The van der Waals surface area contributed by atoms with Crippen LogP contribution in [0.3, 0.4) is 0 Å². The summed E-state index contributed by atoms with van der Waals surface area (Å²) in [6.07, 6.45) is -2.55. The first-order chi connectivity index (χ1) is 10.3. The van der Waals surface area contributed by atoms with Gasteiger partial charge in [0, 0.05) is 18.8 Å². The molecule has 1 aromatic rings. The molecule has 7 heteroatoms. The SMILES string of the molecule is CC1CCCN(C(=O)CNc2ccc(OC(F)(F)F)cc2)C1. The molecule has 0 spiro atoms. The standard InChI is InChI=1S/C15H19F3N2O2/c1-11-3-2-8-20(10-11)14(21)9-19-12-4-6-13(7-5-12)22-15(16,17)18/h4-7,11,19H,2-3,8-10H2,1H3. The Kier molecular flexibility index (Phi) is 5.15. The van der Waals surface area contributed by atoms with Crippen LogP contribution in [0, 0.1) is 5.92 Å². The third-order valence-electron chi connectivity index (χ3n) is 3.54. The summed E-state index contributed by atoms with van der Waals surface area (Å²) in [5.74, 6) is 0.230. The van der Waals surface area contributed by atoms with E-state index in [2.05, 4.69) is 17.0 Å². The van der Waals surface area contributed by atoms with Gasteiger partial charge in [-0.05, 0) is 43.0 Å². The second kappa shape index (κ2) is 6.89. The molecule has 0 radical (unpaired) electrons. The fraction of sp³-hybridized carbons (Fsp3) is 0.533. The number of nitrogens with zero attached hydrogens (tertiary/aromatic N) is 1. The van der Waals surface area contributed by atoms with Gasteiger partial charge >= 0.3 is 6.36 Å². The number of hydrogen-bond acceptors (Lipinski definition) is 3. The molecule has 0 saturated carbocycles. The summed E-state index contributed by atoms with van der Waals surface area (Å²) in [4.78, 5) is 13.9. The van der Waals surface area contributed by atoms with E-state index in [1.165, 1.54) is 24.3 Å². The van der Waals surface area contributed by atoms with Crippen molar-refractivity contribution in [2.75, 3.05) is 25.0 Å². The number of carbonyl (C=O) groups excluding carboxylic acids is 1. The van der Waals surface area contributed by atoms with Gasteiger partial charge in [0.25, 0.3) is 0 Å². The summed E-state index contributed by atoms with van der Waals surface area (Å²) in [6, 6.07) is 5.33. The second-order valence-corrected chi connectivity index (χ2v) is 5.51. The monoisotopic (exact) mass is 316 g/mol. The minimum Gasteiger partial charge on any atom is -0.406 e. The maximum absolute atomic E-state index is 12.1. The molecule has 1 saturated heterocycles. The number of amides is 1. The van der Waals surface area contributed by atoms with E-state index in [1.54, 1.807) is 0 Å². The van der Waals surface area contributed by atoms with Gasteiger partial charge in [-0.3, -0.25) is 4.79 Å². The topological polar surface area (TPSA) is 41.6 Å². The molecule has 22 heavy (non-hydrogen) atoms. The van der Waals surface area contributed by atoms with E-state index in [9.17, 15) is 18.0 Å². The number of carbonyl (C=O) groups is 1. The van der Waals surface area contributed by atoms with E-state index >= 15 is 0 Å². The predicted octanol–water partition coefficient (Wildman–Crippen LogP) is 3.26. The number of halogens is 3. The van der Waals surface area contributed by atoms with Crippen LogP contribution in [0.1, 0.15) is 19.8 Å². The molecule has 4 nitrogen and oxygen atoms in total. The Balaban J connectivity index is 1.82. The number of nitrogens with one attached hydrogen (secondary N) is 1. The number of anilines is 1. The van der Waals surface area contributed by atoms with Crippen molar-refractivity contribution in [3.63, 3.8) is 0 Å². The van der Waals surface area contributed by atoms with Crippen molar-refractivity contribution in [3.05, 3.63) is 24.3 Å². The van der Waals surface area contributed by atoms with Gasteiger partial charge in [0.2, 0.25) is 5.91 Å². The molecule has 2 rings (SSSR count). The molecule has 1 fully saturated rings. The highest BCUT2D eigenvalue weighted by Crippen LogP contribution is 2.24. The van der Waals surface area contributed by atoms with Crippen LogP contribution >= 0.6 is 0 Å². The summed E-state index contributed by atoms with van der Waals surface area (Å²) in [7, 11) is 0. The number of hydrogen-bond donors (Lipinski definition) is 1. The van der Waals surface area contributed by atoms with Gasteiger partial charge < -0.3 is 15.0 Å². The molecule has 1 aliphatic rings. The van der Waals surface area contributed by atoms with Crippen molar-refractivity contribution in [2.24, 2.45) is 5.92 Å². The third kappa shape index (κ3) is 5.13. The van der Waals surface area contributed by atoms with Crippen molar-refractivity contribution < 1.29 is 22.7 Å². The molecule has 0 aliphatic carbocycles. The number of likely N-dealkylation sites (tertiary alicyclic amines) is 1. The van der Waals surface area contributed by atoms with E-state index in [0.717, 1.165) is 25.9 Å². The van der Waals surface area contributed by atoms with Crippen molar-refractivity contribution in [1.82, 2.24) is 4.90 Å². The lowest BCUT2D eigenvalue weighted by Crippen LogP contribution is -2.41. The summed E-state index contributed by atoms with van der Waals surface area (Å²) in [5, 5.41) is 2.92. The van der Waals surface area contributed by atoms with Gasteiger partial charge in [0.1, 0.15) is 5.75 Å². The highest BCUT2D eigenvalue weighted by molar-refractivity contribution is 5.81. The number of rotatable bonds is 4. The Morgan fingerprint density at radius 1 is 1.36 bits per heavy atom. The smallest absolute Gasteiger partial charge is 0.406 e. The van der Waals surface area contributed by atoms with Crippen LogP contribution in [-0.2, 0) is 4.79 Å². The highest BCUT2D eigenvalue weighted by Gasteiger charge is 2.31. The molecular formula is C15H19F3N2O2. The third-order valence-corrected chi connectivity index (χ3v) is 3.54. The van der Waals surface area contributed by atoms with E-state index in [4.69, 9.17) is 0 Å². The average Bonchev–Trinajstić information content (AvgIpc) is 2.44. The lowest BCUT2D eigenvalue weighted by molar-refractivity contribution is -0.274. The van der Waals surface area contributed by atoms with Crippen LogP contribution < -0.4 is 10.1 Å². The molecule has 0 aromatic heterocycles. The fourth-order valence-corrected chi connectivity index (χ4v) is 2.48. The minimum absolute atomic E-state index is 0.00201. The normalized spacial score (nSPS) is 18.9. The fourth-order valence-electron chi connectivity index (χ4n) is 2.48. The largest absolute Gasteiger partial charge is 0.573 e. The first kappa shape index (κ1) is 16.5. The van der Waals surface area contributed by atoms with Gasteiger partial charge in [0.15, 0.2) is 0 Å². The zero-order valence-corrected chi connectivity index (χ0v) is 12.3. The zero-order chi connectivity index (χ0) is 16.2. The quantitative estimate of drug-likeness (QED) is 0.927. The number of alkyl halides is 3. The van der Waals surface area contributed by atoms with Crippen LogP contribution in [0.5, 0.6) is 5.75 Å². The molecular weight excluding hydrogens is 297 g/mol. The molecule has 1 amide bonds.